The number of nitrogens with zero attached hydrogens (tertiary/aromatic N) is 3. The summed E-state index contributed by atoms with van der Waals surface area (Å²) in [6, 6.07) is 8.48. The minimum Gasteiger partial charge on any atom is -0.384 e. The number of anilines is 2. The van der Waals surface area contributed by atoms with Gasteiger partial charge in [0.2, 0.25) is 10.0 Å². The maximum atomic E-state index is 12.4. The van der Waals surface area contributed by atoms with Gasteiger partial charge < -0.3 is 15.0 Å². The molecule has 8 nitrogen and oxygen atoms in total. The first-order chi connectivity index (χ1) is 14.2. The lowest BCUT2D eigenvalue weighted by Crippen LogP contribution is -2.18. The SMILES string of the molecule is CNS(=O)(=O)c1ccc(Nc2ccnc(C(C)(C)O)c2)c(-c2cn3c(n2)CCC3)c1. The van der Waals surface area contributed by atoms with Gasteiger partial charge in [0, 0.05) is 42.3 Å². The smallest absolute Gasteiger partial charge is 0.240 e. The molecule has 1 aromatic carbocycles. The van der Waals surface area contributed by atoms with E-state index in [2.05, 4.69) is 19.6 Å². The van der Waals surface area contributed by atoms with Crippen molar-refractivity contribution in [2.24, 2.45) is 0 Å². The van der Waals surface area contributed by atoms with Crippen molar-refractivity contribution in [3.63, 3.8) is 0 Å². The highest BCUT2D eigenvalue weighted by atomic mass is 32.2. The number of hydrogen-bond donors (Lipinski definition) is 3. The molecule has 158 valence electrons. The van der Waals surface area contributed by atoms with Crippen LogP contribution in [0.3, 0.4) is 0 Å². The van der Waals surface area contributed by atoms with Crippen LogP contribution in [0.2, 0.25) is 0 Å². The van der Waals surface area contributed by atoms with Crippen molar-refractivity contribution in [2.45, 2.75) is 43.7 Å². The monoisotopic (exact) mass is 427 g/mol. The van der Waals surface area contributed by atoms with E-state index in [4.69, 9.17) is 4.98 Å². The molecule has 4 rings (SSSR count). The van der Waals surface area contributed by atoms with Gasteiger partial charge in [0.25, 0.3) is 0 Å². The Morgan fingerprint density at radius 2 is 2.00 bits per heavy atom. The maximum absolute atomic E-state index is 12.4. The van der Waals surface area contributed by atoms with Gasteiger partial charge in [0.05, 0.1) is 16.3 Å². The lowest BCUT2D eigenvalue weighted by atomic mass is 10.0. The molecule has 0 spiro atoms. The van der Waals surface area contributed by atoms with Gasteiger partial charge in [-0.05, 0) is 57.6 Å². The summed E-state index contributed by atoms with van der Waals surface area (Å²) in [5.74, 6) is 1.01. The van der Waals surface area contributed by atoms with E-state index in [1.54, 1.807) is 50.4 Å². The molecule has 1 aliphatic heterocycles. The molecule has 0 saturated carbocycles. The fourth-order valence-electron chi connectivity index (χ4n) is 3.51. The van der Waals surface area contributed by atoms with E-state index >= 15 is 0 Å². The highest BCUT2D eigenvalue weighted by Crippen LogP contribution is 2.34. The Morgan fingerprint density at radius 3 is 2.70 bits per heavy atom. The predicted molar refractivity (Wildman–Crippen MR) is 115 cm³/mol. The van der Waals surface area contributed by atoms with E-state index in [1.807, 2.05) is 6.20 Å². The van der Waals surface area contributed by atoms with Crippen LogP contribution in [0.5, 0.6) is 0 Å². The zero-order chi connectivity index (χ0) is 21.5. The van der Waals surface area contributed by atoms with E-state index < -0.39 is 15.6 Å². The van der Waals surface area contributed by atoms with Crippen LogP contribution in [0, 0.1) is 0 Å². The maximum Gasteiger partial charge on any atom is 0.240 e. The number of aromatic nitrogens is 3. The van der Waals surface area contributed by atoms with Crippen molar-refractivity contribution in [3.8, 4) is 11.3 Å². The van der Waals surface area contributed by atoms with Crippen molar-refractivity contribution >= 4 is 21.4 Å². The van der Waals surface area contributed by atoms with Crippen molar-refractivity contribution < 1.29 is 13.5 Å². The van der Waals surface area contributed by atoms with Crippen molar-refractivity contribution in [2.75, 3.05) is 12.4 Å². The van der Waals surface area contributed by atoms with Crippen LogP contribution in [0.1, 0.15) is 31.8 Å². The molecular formula is C21H25N5O3S. The standard InChI is InChI=1S/C21H25N5O3S/c1-21(2,27)19-11-14(8-9-23-19)24-17-7-6-15(30(28,29)22-3)12-16(17)18-13-26-10-4-5-20(26)25-18/h6-9,11-13,22,27H,4-5,10H2,1-3H3,(H,23,24). The second-order valence-electron chi connectivity index (χ2n) is 7.87. The molecule has 0 radical (unpaired) electrons. The summed E-state index contributed by atoms with van der Waals surface area (Å²) in [5.41, 5.74) is 2.32. The van der Waals surface area contributed by atoms with E-state index in [-0.39, 0.29) is 4.90 Å². The summed E-state index contributed by atoms with van der Waals surface area (Å²) in [7, 11) is -2.20. The number of aryl methyl sites for hydroxylation is 2. The summed E-state index contributed by atoms with van der Waals surface area (Å²) in [6.45, 7) is 4.27. The second-order valence-corrected chi connectivity index (χ2v) is 9.75. The Hall–Kier alpha value is -2.75. The lowest BCUT2D eigenvalue weighted by molar-refractivity contribution is 0.0739. The Kier molecular flexibility index (Phi) is 5.13. The van der Waals surface area contributed by atoms with Gasteiger partial charge in [0.15, 0.2) is 0 Å². The fraction of sp³-hybridized carbons (Fsp3) is 0.333. The molecule has 0 saturated heterocycles. The minimum absolute atomic E-state index is 0.172. The van der Waals surface area contributed by atoms with E-state index in [0.717, 1.165) is 42.3 Å². The van der Waals surface area contributed by atoms with Gasteiger partial charge in [-0.15, -0.1) is 0 Å². The number of aliphatic hydroxyl groups is 1. The Labute approximate surface area is 176 Å². The molecular weight excluding hydrogens is 402 g/mol. The van der Waals surface area contributed by atoms with Gasteiger partial charge in [-0.3, -0.25) is 4.98 Å². The molecule has 1 aliphatic rings. The molecule has 3 aromatic rings. The minimum atomic E-state index is -3.59. The fourth-order valence-corrected chi connectivity index (χ4v) is 4.27. The highest BCUT2D eigenvalue weighted by Gasteiger charge is 2.21. The summed E-state index contributed by atoms with van der Waals surface area (Å²) in [4.78, 5) is 9.13. The largest absolute Gasteiger partial charge is 0.384 e. The van der Waals surface area contributed by atoms with Crippen LogP contribution in [-0.4, -0.2) is 35.1 Å². The highest BCUT2D eigenvalue weighted by molar-refractivity contribution is 7.89. The number of hydrogen-bond acceptors (Lipinski definition) is 6. The molecule has 30 heavy (non-hydrogen) atoms. The third-order valence-corrected chi connectivity index (χ3v) is 6.58. The number of benzene rings is 1. The molecule has 0 atom stereocenters. The summed E-state index contributed by atoms with van der Waals surface area (Å²) < 4.78 is 29.2. The molecule has 0 bridgehead atoms. The van der Waals surface area contributed by atoms with Crippen LogP contribution in [-0.2, 0) is 28.6 Å². The van der Waals surface area contributed by atoms with Gasteiger partial charge >= 0.3 is 0 Å². The zero-order valence-electron chi connectivity index (χ0n) is 17.2. The van der Waals surface area contributed by atoms with Gasteiger partial charge in [-0.2, -0.15) is 0 Å². The normalized spacial score (nSPS) is 14.0. The second kappa shape index (κ2) is 7.50. The van der Waals surface area contributed by atoms with Crippen molar-refractivity contribution in [3.05, 3.63) is 54.2 Å². The van der Waals surface area contributed by atoms with Crippen LogP contribution in [0.4, 0.5) is 11.4 Å². The number of rotatable bonds is 6. The lowest BCUT2D eigenvalue weighted by Gasteiger charge is -2.18. The number of pyridine rings is 1. The molecule has 0 unspecified atom stereocenters. The average molecular weight is 428 g/mol. The van der Waals surface area contributed by atoms with Gasteiger partial charge in [0.1, 0.15) is 11.4 Å². The van der Waals surface area contributed by atoms with Crippen LogP contribution in [0.15, 0.2) is 47.6 Å². The van der Waals surface area contributed by atoms with E-state index in [1.165, 1.54) is 7.05 Å². The topological polar surface area (TPSA) is 109 Å². The Morgan fingerprint density at radius 1 is 1.20 bits per heavy atom. The van der Waals surface area contributed by atoms with Crippen LogP contribution in [0.25, 0.3) is 11.3 Å². The molecule has 3 heterocycles. The first-order valence-electron chi connectivity index (χ1n) is 9.77. The molecule has 9 heteroatoms. The molecule has 3 N–H and O–H groups in total. The molecule has 0 amide bonds. The first kappa shape index (κ1) is 20.5. The first-order valence-corrected chi connectivity index (χ1v) is 11.3. The third kappa shape index (κ3) is 3.96. The van der Waals surface area contributed by atoms with Gasteiger partial charge in [-0.1, -0.05) is 0 Å². The summed E-state index contributed by atoms with van der Waals surface area (Å²) >= 11 is 0. The molecule has 2 aromatic heterocycles. The predicted octanol–water partition coefficient (Wildman–Crippen LogP) is 2.77. The van der Waals surface area contributed by atoms with Crippen molar-refractivity contribution in [1.82, 2.24) is 19.3 Å². The number of fused-ring (bicyclic) bond motifs is 1. The zero-order valence-corrected chi connectivity index (χ0v) is 18.0. The number of nitrogens with one attached hydrogen (secondary N) is 2. The van der Waals surface area contributed by atoms with Crippen molar-refractivity contribution in [1.29, 1.82) is 0 Å². The van der Waals surface area contributed by atoms with Gasteiger partial charge in [-0.25, -0.2) is 18.1 Å². The summed E-state index contributed by atoms with van der Waals surface area (Å²) in [5, 5.41) is 13.6. The van der Waals surface area contributed by atoms with Crippen LogP contribution < -0.4 is 10.0 Å². The number of imidazole rings is 1. The van der Waals surface area contributed by atoms with E-state index in [9.17, 15) is 13.5 Å². The molecule has 0 fully saturated rings. The average Bonchev–Trinajstić information content (AvgIpc) is 3.30. The number of sulfonamides is 1. The Balaban J connectivity index is 1.79. The van der Waals surface area contributed by atoms with E-state index in [0.29, 0.717) is 11.3 Å². The molecule has 0 aliphatic carbocycles. The van der Waals surface area contributed by atoms with Crippen LogP contribution >= 0.6 is 0 Å². The third-order valence-electron chi connectivity index (χ3n) is 5.17. The Bertz CT molecular complexity index is 1170. The quantitative estimate of drug-likeness (QED) is 0.558. The summed E-state index contributed by atoms with van der Waals surface area (Å²) in [6.07, 6.45) is 5.57.